The second-order valence-electron chi connectivity index (χ2n) is 4.64. The lowest BCUT2D eigenvalue weighted by Gasteiger charge is -2.15. The molecule has 0 saturated carbocycles. The first-order valence-corrected chi connectivity index (χ1v) is 7.84. The van der Waals surface area contributed by atoms with Crippen LogP contribution in [0.2, 0.25) is 0 Å². The quantitative estimate of drug-likeness (QED) is 0.864. The van der Waals surface area contributed by atoms with Crippen LogP contribution in [-0.4, -0.2) is 33.9 Å². The van der Waals surface area contributed by atoms with Crippen molar-refractivity contribution in [3.63, 3.8) is 0 Å². The summed E-state index contributed by atoms with van der Waals surface area (Å²) in [5.41, 5.74) is 0. The number of benzene rings is 1. The highest BCUT2D eigenvalue weighted by molar-refractivity contribution is 7.89. The van der Waals surface area contributed by atoms with Crippen LogP contribution in [0.15, 0.2) is 29.2 Å². The molecular weight excluding hydrogens is 309 g/mol. The summed E-state index contributed by atoms with van der Waals surface area (Å²) < 4.78 is 67.2. The number of hydrogen-bond donors (Lipinski definition) is 2. The molecule has 2 N–H and O–H groups in total. The first kappa shape index (κ1) is 16.1. The SMILES string of the molecule is O=S(=O)(NC[C@@H]1CCCN1)c1ccccc1OC(F)(F)F. The van der Waals surface area contributed by atoms with E-state index in [1.54, 1.807) is 0 Å². The van der Waals surface area contributed by atoms with Crippen LogP contribution < -0.4 is 14.8 Å². The van der Waals surface area contributed by atoms with E-state index in [2.05, 4.69) is 14.8 Å². The lowest BCUT2D eigenvalue weighted by molar-refractivity contribution is -0.275. The zero-order chi connectivity index (χ0) is 15.5. The Balaban J connectivity index is 2.15. The Bertz CT molecular complexity index is 584. The smallest absolute Gasteiger partial charge is 0.404 e. The van der Waals surface area contributed by atoms with E-state index in [9.17, 15) is 21.6 Å². The van der Waals surface area contributed by atoms with Gasteiger partial charge in [0.15, 0.2) is 0 Å². The predicted molar refractivity (Wildman–Crippen MR) is 69.3 cm³/mol. The molecular formula is C12H15F3N2O3S. The molecule has 9 heteroatoms. The summed E-state index contributed by atoms with van der Waals surface area (Å²) in [6, 6.07) is 4.65. The van der Waals surface area contributed by atoms with Crippen LogP contribution in [0.1, 0.15) is 12.8 Å². The van der Waals surface area contributed by atoms with E-state index in [-0.39, 0.29) is 12.6 Å². The van der Waals surface area contributed by atoms with Gasteiger partial charge in [0.2, 0.25) is 10.0 Å². The molecule has 21 heavy (non-hydrogen) atoms. The fraction of sp³-hybridized carbons (Fsp3) is 0.500. The molecule has 1 heterocycles. The average molecular weight is 324 g/mol. The molecule has 1 aromatic carbocycles. The van der Waals surface area contributed by atoms with Crippen molar-refractivity contribution in [1.29, 1.82) is 0 Å². The summed E-state index contributed by atoms with van der Waals surface area (Å²) in [6.45, 7) is 0.933. The van der Waals surface area contributed by atoms with E-state index in [0.29, 0.717) is 0 Å². The molecule has 2 rings (SSSR count). The van der Waals surface area contributed by atoms with Gasteiger partial charge in [-0.05, 0) is 31.5 Å². The van der Waals surface area contributed by atoms with Gasteiger partial charge >= 0.3 is 6.36 Å². The maximum atomic E-state index is 12.3. The van der Waals surface area contributed by atoms with Crippen molar-refractivity contribution in [2.24, 2.45) is 0 Å². The third kappa shape index (κ3) is 4.58. The summed E-state index contributed by atoms with van der Waals surface area (Å²) in [5.74, 6) is -0.739. The lowest BCUT2D eigenvalue weighted by atomic mass is 10.2. The van der Waals surface area contributed by atoms with Crippen molar-refractivity contribution >= 4 is 10.0 Å². The number of halogens is 3. The molecule has 0 unspecified atom stereocenters. The molecule has 118 valence electrons. The molecule has 0 spiro atoms. The van der Waals surface area contributed by atoms with Crippen LogP contribution in [0, 0.1) is 0 Å². The van der Waals surface area contributed by atoms with E-state index in [1.165, 1.54) is 12.1 Å². The number of sulfonamides is 1. The van der Waals surface area contributed by atoms with Crippen LogP contribution in [-0.2, 0) is 10.0 Å². The minimum atomic E-state index is -4.95. The van der Waals surface area contributed by atoms with Gasteiger partial charge in [-0.3, -0.25) is 0 Å². The number of alkyl halides is 3. The van der Waals surface area contributed by atoms with Crippen LogP contribution >= 0.6 is 0 Å². The van der Waals surface area contributed by atoms with Crippen molar-refractivity contribution < 1.29 is 26.3 Å². The molecule has 1 aliphatic heterocycles. The number of para-hydroxylation sites is 1. The van der Waals surface area contributed by atoms with Crippen molar-refractivity contribution in [3.05, 3.63) is 24.3 Å². The van der Waals surface area contributed by atoms with Gasteiger partial charge in [0.05, 0.1) is 0 Å². The summed E-state index contributed by atoms with van der Waals surface area (Å²) >= 11 is 0. The molecule has 5 nitrogen and oxygen atoms in total. The van der Waals surface area contributed by atoms with Gasteiger partial charge in [-0.25, -0.2) is 13.1 Å². The maximum Gasteiger partial charge on any atom is 0.573 e. The molecule has 0 amide bonds. The summed E-state index contributed by atoms with van der Waals surface area (Å²) in [6.07, 6.45) is -3.18. The number of hydrogen-bond acceptors (Lipinski definition) is 4. The van der Waals surface area contributed by atoms with E-state index in [4.69, 9.17) is 0 Å². The first-order valence-electron chi connectivity index (χ1n) is 6.36. The standard InChI is InChI=1S/C12H15F3N2O3S/c13-12(14,15)20-10-5-1-2-6-11(10)21(18,19)17-8-9-4-3-7-16-9/h1-2,5-6,9,16-17H,3-4,7-8H2/t9-/m0/s1. The molecule has 1 atom stereocenters. The van der Waals surface area contributed by atoms with Crippen molar-refractivity contribution in [2.45, 2.75) is 30.1 Å². The molecule has 1 aromatic rings. The van der Waals surface area contributed by atoms with E-state index in [1.807, 2.05) is 0 Å². The molecule has 1 aliphatic rings. The second kappa shape index (κ2) is 6.20. The Hall–Kier alpha value is -1.32. The average Bonchev–Trinajstić information content (AvgIpc) is 2.88. The molecule has 0 bridgehead atoms. The number of nitrogens with one attached hydrogen (secondary N) is 2. The minimum absolute atomic E-state index is 0.00419. The van der Waals surface area contributed by atoms with Crippen LogP contribution in [0.5, 0.6) is 5.75 Å². The highest BCUT2D eigenvalue weighted by atomic mass is 32.2. The third-order valence-electron chi connectivity index (χ3n) is 3.05. The van der Waals surface area contributed by atoms with E-state index >= 15 is 0 Å². The summed E-state index contributed by atoms with van der Waals surface area (Å²) in [4.78, 5) is -0.527. The van der Waals surface area contributed by atoms with E-state index in [0.717, 1.165) is 31.5 Å². The predicted octanol–water partition coefficient (Wildman–Crippen LogP) is 1.62. The molecule has 1 saturated heterocycles. The highest BCUT2D eigenvalue weighted by Crippen LogP contribution is 2.29. The van der Waals surface area contributed by atoms with Gasteiger partial charge in [0.25, 0.3) is 0 Å². The van der Waals surface area contributed by atoms with E-state index < -0.39 is 27.0 Å². The van der Waals surface area contributed by atoms with Gasteiger partial charge < -0.3 is 10.1 Å². The minimum Gasteiger partial charge on any atom is -0.404 e. The van der Waals surface area contributed by atoms with Crippen LogP contribution in [0.4, 0.5) is 13.2 Å². The van der Waals surface area contributed by atoms with Crippen molar-refractivity contribution in [2.75, 3.05) is 13.1 Å². The maximum absolute atomic E-state index is 12.3. The Morgan fingerprint density at radius 1 is 1.33 bits per heavy atom. The number of ether oxygens (including phenoxy) is 1. The largest absolute Gasteiger partial charge is 0.573 e. The normalized spacial score (nSPS) is 19.7. The fourth-order valence-corrected chi connectivity index (χ4v) is 3.31. The van der Waals surface area contributed by atoms with Gasteiger partial charge in [-0.1, -0.05) is 12.1 Å². The Kier molecular flexibility index (Phi) is 4.74. The molecule has 0 aliphatic carbocycles. The second-order valence-corrected chi connectivity index (χ2v) is 6.38. The Labute approximate surface area is 120 Å². The summed E-state index contributed by atoms with van der Waals surface area (Å²) in [7, 11) is -4.07. The lowest BCUT2D eigenvalue weighted by Crippen LogP contribution is -2.37. The van der Waals surface area contributed by atoms with Gasteiger partial charge in [0, 0.05) is 12.6 Å². The zero-order valence-electron chi connectivity index (χ0n) is 11.0. The number of rotatable bonds is 5. The Morgan fingerprint density at radius 3 is 2.67 bits per heavy atom. The monoisotopic (exact) mass is 324 g/mol. The third-order valence-corrected chi connectivity index (χ3v) is 4.51. The fourth-order valence-electron chi connectivity index (χ4n) is 2.10. The van der Waals surface area contributed by atoms with Crippen LogP contribution in [0.25, 0.3) is 0 Å². The highest BCUT2D eigenvalue weighted by Gasteiger charge is 2.34. The molecule has 0 radical (unpaired) electrons. The van der Waals surface area contributed by atoms with Crippen LogP contribution in [0.3, 0.4) is 0 Å². The first-order chi connectivity index (χ1) is 9.78. The Morgan fingerprint density at radius 2 is 2.05 bits per heavy atom. The van der Waals surface area contributed by atoms with Gasteiger partial charge in [-0.2, -0.15) is 0 Å². The van der Waals surface area contributed by atoms with Gasteiger partial charge in [-0.15, -0.1) is 13.2 Å². The van der Waals surface area contributed by atoms with Crippen molar-refractivity contribution in [1.82, 2.24) is 10.0 Å². The topological polar surface area (TPSA) is 67.4 Å². The van der Waals surface area contributed by atoms with Crippen molar-refractivity contribution in [3.8, 4) is 5.75 Å². The molecule has 0 aromatic heterocycles. The zero-order valence-corrected chi connectivity index (χ0v) is 11.8. The van der Waals surface area contributed by atoms with Gasteiger partial charge in [0.1, 0.15) is 10.6 Å². The summed E-state index contributed by atoms with van der Waals surface area (Å²) in [5, 5.41) is 3.10. The molecule has 1 fully saturated rings.